The Morgan fingerprint density at radius 1 is 0.528 bits per heavy atom. The van der Waals surface area contributed by atoms with Crippen molar-refractivity contribution >= 4 is 95.0 Å². The summed E-state index contributed by atoms with van der Waals surface area (Å²) in [5.74, 6) is 5.22. The van der Waals surface area contributed by atoms with Gasteiger partial charge < -0.3 is 48.3 Å². The Kier molecular flexibility index (Phi) is 65.3. The van der Waals surface area contributed by atoms with Crippen LogP contribution in [0.1, 0.15) is 113 Å². The number of ketones is 2. The van der Waals surface area contributed by atoms with E-state index in [0.717, 1.165) is 20.2 Å². The summed E-state index contributed by atoms with van der Waals surface area (Å²) in [4.78, 5) is 46.0. The number of guanidine groups is 2. The fraction of sp³-hybridized carbons (Fsp3) is 0.236. The molecular formula is C89H97BrCl2F14IN8O8PdSi-. The average molecular weight is 2080 g/mol. The molecule has 0 bridgehead atoms. The number of Topliss-reactive ketones (excluding diaryl/α,β-unsaturated/α-hetero) is 2. The number of alkyl halides is 10. The average Bonchev–Trinajstić information content (AvgIpc) is 1.60. The second-order valence-corrected chi connectivity index (χ2v) is 33.4. The van der Waals surface area contributed by atoms with E-state index in [2.05, 4.69) is 122 Å². The molecule has 0 saturated carbocycles. The molecule has 0 aliphatic carbocycles. The van der Waals surface area contributed by atoms with Crippen molar-refractivity contribution < 1.29 is 115 Å². The number of terminal acetylenes is 2. The van der Waals surface area contributed by atoms with Crippen LogP contribution in [0.25, 0.3) is 0 Å². The Morgan fingerprint density at radius 2 is 0.808 bits per heavy atom. The molecule has 682 valence electrons. The van der Waals surface area contributed by atoms with Gasteiger partial charge in [0.05, 0.1) is 6.07 Å². The standard InChI is InChI=1S/C18H16F3N3O2.C16H11F3O3.C16H11F3O.C10H8F2O.C8H7BrF2O.C6H4FI.C5H10Si.C2H7N3.C2H3N.CHN.4CH4.CH3.2ClH.Pd/c1-10-9-12(5-8-14(10)26-16(20)21)18(11-3-6-13(19)7-4-11)15(25)24(2)17(22)23-18;1-9-8-11(4-7-13(9)22-16(18)19)15(21)14(20)10-2-5-12(17)6-3-10;1-11-10-13(6-9-15(11)20-16(18)19)3-2-12-4-7-14(17)8-5-12;1-3-8-4-5-9(7(2)6-8)13-10(11)12;1-5-4-6(9)2-3-7(5)12-8(10)11;7-5-1-3-6(8)4-2-5;1-5-6(2,3)4;1-5-2(3)4;1-2-3;1-2;;;;;;;;/h3-9,16H,1-2H3,(H2,22,23);2-8,16H,1H3;4-10,16H,1H3;1,4-6,10H,2H3;2-4,8H,1H3;1-4H;1H,2-4H3;1H3,(H4,3,4,5);1H3;1H;4*1H4;1H3;2*1H;/q;;;;;;;;;;;;;;-1;;;+2/p-2. The van der Waals surface area contributed by atoms with Crippen LogP contribution in [0.5, 0.6) is 28.7 Å². The molecule has 1 atom stereocenters. The molecule has 1 heterocycles. The summed E-state index contributed by atoms with van der Waals surface area (Å²) >= 11 is 5.24. The molecule has 1 amide bonds. The molecule has 1 aliphatic rings. The van der Waals surface area contributed by atoms with Gasteiger partial charge in [0.1, 0.15) is 60.1 Å². The van der Waals surface area contributed by atoms with Crippen molar-refractivity contribution in [1.29, 1.82) is 10.5 Å². The molecule has 10 rings (SSSR count). The van der Waals surface area contributed by atoms with Gasteiger partial charge >= 0.3 is 68.1 Å². The van der Waals surface area contributed by atoms with Crippen LogP contribution in [-0.2, 0) is 26.3 Å². The molecular weight excluding hydrogens is 1990 g/mol. The summed E-state index contributed by atoms with van der Waals surface area (Å²) in [6, 6.07) is 46.1. The molecule has 6 N–H and O–H groups in total. The zero-order chi connectivity index (χ0) is 91.7. The van der Waals surface area contributed by atoms with Crippen LogP contribution in [0.3, 0.4) is 0 Å². The summed E-state index contributed by atoms with van der Waals surface area (Å²) in [5, 5.41) is 13.8. The molecule has 125 heavy (non-hydrogen) atoms. The molecule has 0 spiro atoms. The molecule has 0 fully saturated rings. The second-order valence-electron chi connectivity index (χ2n) is 24.1. The first-order chi connectivity index (χ1) is 56.3. The van der Waals surface area contributed by atoms with Crippen LogP contribution in [0, 0.1) is 128 Å². The molecule has 1 aliphatic heterocycles. The number of nitrogens with two attached hydrogens (primary N) is 3. The second kappa shape index (κ2) is 65.5. The molecule has 9 aromatic carbocycles. The van der Waals surface area contributed by atoms with E-state index in [9.17, 15) is 75.8 Å². The zero-order valence-electron chi connectivity index (χ0n) is 66.4. The van der Waals surface area contributed by atoms with E-state index in [1.165, 1.54) is 148 Å². The van der Waals surface area contributed by atoms with E-state index in [1.54, 1.807) is 94.4 Å². The van der Waals surface area contributed by atoms with Gasteiger partial charge in [-0.2, -0.15) is 49.2 Å². The van der Waals surface area contributed by atoms with E-state index in [4.69, 9.17) is 59.6 Å². The maximum absolute atomic E-state index is 13.3. The van der Waals surface area contributed by atoms with E-state index >= 15 is 0 Å². The van der Waals surface area contributed by atoms with Crippen molar-refractivity contribution in [2.24, 2.45) is 27.2 Å². The fourth-order valence-electron chi connectivity index (χ4n) is 8.73. The van der Waals surface area contributed by atoms with Crippen LogP contribution in [0.4, 0.5) is 61.5 Å². The van der Waals surface area contributed by atoms with E-state index < -0.39 is 75.8 Å². The van der Waals surface area contributed by atoms with E-state index in [0.29, 0.717) is 55.6 Å². The van der Waals surface area contributed by atoms with Gasteiger partial charge in [0.2, 0.25) is 11.6 Å². The Labute approximate surface area is 762 Å². The van der Waals surface area contributed by atoms with Crippen LogP contribution >= 0.6 is 57.6 Å². The minimum atomic E-state index is -2.97. The SMILES string of the molecule is C.C.C.C.C#C[Si](C)(C)C.C#Cc1ccc(OC(F)F)c(C)c1.C#N.CC#N.CN=C(N)N.Cc1cc(Br)ccc1OC(F)F.Cc1cc(C#Cc2ccc(F)cc2)ccc1OC(F)F.Cc1cc(C(=O)C(=O)c2ccc(F)cc2)ccc1OC(F)F.Cc1cc(C2(c3ccc(F)cc3)N=C(N)N(C)C2=O)ccc1OC(F)F.Fc1ccc(I)cc1.[CH3-].[Cl][Pd][Cl]. The molecule has 0 saturated heterocycles. The number of nitrogens with zero attached hydrogens (tertiary/aromatic N) is 5. The van der Waals surface area contributed by atoms with Crippen molar-refractivity contribution in [2.75, 3.05) is 14.1 Å². The quantitative estimate of drug-likeness (QED) is 0.00995. The Morgan fingerprint density at radius 3 is 1.13 bits per heavy atom. The first-order valence-corrected chi connectivity index (χ1v) is 42.9. The number of ether oxygens (including phenoxy) is 5. The van der Waals surface area contributed by atoms with Crippen molar-refractivity contribution in [3.63, 3.8) is 0 Å². The number of carbonyl (C=O) groups is 3. The third-order valence-electron chi connectivity index (χ3n) is 14.3. The van der Waals surface area contributed by atoms with Gasteiger partial charge in [-0.05, 0) is 266 Å². The maximum atomic E-state index is 13.3. The van der Waals surface area contributed by atoms with Crippen molar-refractivity contribution in [2.45, 2.75) is 129 Å². The first kappa shape index (κ1) is 125. The Hall–Kier alpha value is -11.1. The van der Waals surface area contributed by atoms with Crippen LogP contribution in [0.15, 0.2) is 203 Å². The summed E-state index contributed by atoms with van der Waals surface area (Å²) < 4.78 is 195. The Balaban J connectivity index is -0.000000331. The number of halogens is 18. The number of aliphatic imine (C=N–C) groups is 2. The molecule has 36 heteroatoms. The molecule has 0 radical (unpaired) electrons. The number of hydrogen-bond acceptors (Lipinski definition) is 13. The van der Waals surface area contributed by atoms with Crippen LogP contribution in [0.2, 0.25) is 19.6 Å². The number of aryl methyl sites for hydroxylation is 5. The summed E-state index contributed by atoms with van der Waals surface area (Å²) in [7, 11) is 11.5. The zero-order valence-corrected chi connectivity index (χ0v) is 74.2. The molecule has 16 nitrogen and oxygen atoms in total. The normalized spacial score (nSPS) is 11.2. The number of likely N-dealkylation sites (N-methyl/N-ethyl adjacent to an activating group) is 1. The van der Waals surface area contributed by atoms with Crippen LogP contribution in [-0.4, -0.2) is 89.5 Å². The van der Waals surface area contributed by atoms with Gasteiger partial charge in [-0.15, -0.1) is 18.4 Å². The predicted molar refractivity (Wildman–Crippen MR) is 480 cm³/mol. The van der Waals surface area contributed by atoms with Gasteiger partial charge in [-0.3, -0.25) is 24.3 Å². The van der Waals surface area contributed by atoms with Crippen molar-refractivity contribution in [3.05, 3.63) is 294 Å². The number of rotatable bonds is 15. The molecule has 1 unspecified atom stereocenters. The van der Waals surface area contributed by atoms with Crippen molar-refractivity contribution in [3.8, 4) is 77.5 Å². The number of amides is 1. The van der Waals surface area contributed by atoms with Crippen molar-refractivity contribution in [1.82, 2.24) is 4.90 Å². The Bertz CT molecular complexity index is 5000. The van der Waals surface area contributed by atoms with Gasteiger partial charge in [-0.1, -0.05) is 101 Å². The predicted octanol–water partition coefficient (Wildman–Crippen LogP) is 24.5. The van der Waals surface area contributed by atoms with Gasteiger partial charge in [0.25, 0.3) is 5.91 Å². The number of benzene rings is 9. The molecule has 0 aromatic heterocycles. The number of hydrogen-bond donors (Lipinski definition) is 3. The summed E-state index contributed by atoms with van der Waals surface area (Å²) in [6.07, 6.45) is 10.2. The number of carbonyl (C=O) groups excluding carboxylic acids is 3. The summed E-state index contributed by atoms with van der Waals surface area (Å²) in [6.45, 7) is 5.14. The van der Waals surface area contributed by atoms with Gasteiger partial charge in [0.15, 0.2) is 17.5 Å². The van der Waals surface area contributed by atoms with E-state index in [1.807, 2.05) is 0 Å². The monoisotopic (exact) mass is 2080 g/mol. The third kappa shape index (κ3) is 48.7. The van der Waals surface area contributed by atoms with Crippen LogP contribution < -0.4 is 40.9 Å². The topological polar surface area (TPSA) is 251 Å². The van der Waals surface area contributed by atoms with Gasteiger partial charge in [-0.25, -0.2) is 27.8 Å². The summed E-state index contributed by atoms with van der Waals surface area (Å²) in [5.41, 5.74) is 22.2. The first-order valence-electron chi connectivity index (χ1n) is 33.5. The number of nitriles is 2. The van der Waals surface area contributed by atoms with E-state index in [-0.39, 0.29) is 117 Å². The van der Waals surface area contributed by atoms with Gasteiger partial charge in [0, 0.05) is 63.5 Å². The molecule has 9 aromatic rings. The fourth-order valence-corrected chi connectivity index (χ4v) is 9.57. The minimum absolute atomic E-state index is 0. The third-order valence-corrected chi connectivity index (χ3v) is 16.3.